The lowest BCUT2D eigenvalue weighted by atomic mass is 9.44. The van der Waals surface area contributed by atoms with Gasteiger partial charge in [-0.05, 0) is 69.1 Å². The molecule has 0 N–H and O–H groups in total. The van der Waals surface area contributed by atoms with E-state index < -0.39 is 0 Å². The van der Waals surface area contributed by atoms with Gasteiger partial charge in [-0.2, -0.15) is 0 Å². The van der Waals surface area contributed by atoms with Crippen LogP contribution >= 0.6 is 0 Å². The molecule has 29 heavy (non-hydrogen) atoms. The van der Waals surface area contributed by atoms with Crippen LogP contribution < -0.4 is 0 Å². The number of ether oxygens (including phenoxy) is 3. The average Bonchev–Trinajstić information content (AvgIpc) is 3.08. The second-order valence-electron chi connectivity index (χ2n) is 11.5. The van der Waals surface area contributed by atoms with Crippen molar-refractivity contribution >= 4 is 11.9 Å². The van der Waals surface area contributed by atoms with Crippen molar-refractivity contribution in [3.05, 3.63) is 0 Å². The number of epoxide rings is 1. The molecule has 0 aromatic heterocycles. The molecule has 0 amide bonds. The van der Waals surface area contributed by atoms with Gasteiger partial charge in [0.05, 0.1) is 6.10 Å². The van der Waals surface area contributed by atoms with E-state index in [4.69, 9.17) is 14.2 Å². The molecule has 4 aliphatic carbocycles. The Bertz CT molecular complexity index is 779. The van der Waals surface area contributed by atoms with E-state index in [1.54, 1.807) is 0 Å². The first kappa shape index (κ1) is 18.7. The molecule has 5 heteroatoms. The minimum Gasteiger partial charge on any atom is -0.462 e. The van der Waals surface area contributed by atoms with Gasteiger partial charge < -0.3 is 14.2 Å². The number of rotatable bonds is 1. The normalized spacial score (nSPS) is 57.3. The lowest BCUT2D eigenvalue weighted by Crippen LogP contribution is -2.60. The van der Waals surface area contributed by atoms with Crippen LogP contribution in [0.25, 0.3) is 0 Å². The van der Waals surface area contributed by atoms with E-state index in [1.165, 1.54) is 19.8 Å². The largest absolute Gasteiger partial charge is 0.462 e. The number of fused-ring (bicyclic) bond motifs is 5. The van der Waals surface area contributed by atoms with E-state index in [9.17, 15) is 9.59 Å². The number of esters is 2. The number of hydrogen-bond donors (Lipinski definition) is 0. The zero-order valence-electron chi connectivity index (χ0n) is 18.0. The van der Waals surface area contributed by atoms with Crippen LogP contribution in [0.1, 0.15) is 85.0 Å². The van der Waals surface area contributed by atoms with Crippen molar-refractivity contribution in [2.75, 3.05) is 0 Å². The highest BCUT2D eigenvalue weighted by Crippen LogP contribution is 2.75. The van der Waals surface area contributed by atoms with Gasteiger partial charge >= 0.3 is 11.9 Å². The van der Waals surface area contributed by atoms with Crippen molar-refractivity contribution in [1.29, 1.82) is 0 Å². The maximum atomic E-state index is 12.0. The Balaban J connectivity index is 1.29. The van der Waals surface area contributed by atoms with Gasteiger partial charge in [-0.15, -0.1) is 0 Å². The molecule has 0 aromatic carbocycles. The van der Waals surface area contributed by atoms with Crippen molar-refractivity contribution in [3.63, 3.8) is 0 Å². The highest BCUT2D eigenvalue weighted by Gasteiger charge is 2.77. The fourth-order valence-electron chi connectivity index (χ4n) is 9.27. The van der Waals surface area contributed by atoms with Gasteiger partial charge in [0.2, 0.25) is 0 Å². The van der Waals surface area contributed by atoms with Crippen molar-refractivity contribution in [2.24, 2.45) is 28.6 Å². The molecule has 0 radical (unpaired) electrons. The first-order valence-corrected chi connectivity index (χ1v) is 11.8. The summed E-state index contributed by atoms with van der Waals surface area (Å²) in [6.07, 6.45) is 10.5. The Kier molecular flexibility index (Phi) is 3.58. The monoisotopic (exact) mass is 402 g/mol. The summed E-state index contributed by atoms with van der Waals surface area (Å²) >= 11 is 0. The SMILES string of the molecule is CC(=O)O[C@H]1CC[C@]2(C)[C@H]3CC[C@@]4(C)[C@@H](CC[C@]45CCC(=O)O5)[C@@H]3C[C@H]3O[C@]32C1. The maximum Gasteiger partial charge on any atom is 0.306 e. The molecule has 0 unspecified atom stereocenters. The summed E-state index contributed by atoms with van der Waals surface area (Å²) in [5.74, 6) is 1.82. The molecule has 2 saturated heterocycles. The van der Waals surface area contributed by atoms with E-state index in [0.29, 0.717) is 30.3 Å². The van der Waals surface area contributed by atoms with Gasteiger partial charge in [-0.3, -0.25) is 9.59 Å². The summed E-state index contributed by atoms with van der Waals surface area (Å²) in [5, 5.41) is 0. The molecule has 0 aromatic rings. The summed E-state index contributed by atoms with van der Waals surface area (Å²) < 4.78 is 18.2. The van der Waals surface area contributed by atoms with Crippen LogP contribution in [0.5, 0.6) is 0 Å². The maximum absolute atomic E-state index is 12.0. The molecule has 2 spiro atoms. The molecule has 6 rings (SSSR count). The third-order valence-electron chi connectivity index (χ3n) is 10.7. The second-order valence-corrected chi connectivity index (χ2v) is 11.5. The van der Waals surface area contributed by atoms with E-state index >= 15 is 0 Å². The Hall–Kier alpha value is -1.10. The molecule has 160 valence electrons. The summed E-state index contributed by atoms with van der Waals surface area (Å²) in [6, 6.07) is 0. The highest BCUT2D eigenvalue weighted by molar-refractivity contribution is 5.72. The Morgan fingerprint density at radius 2 is 1.76 bits per heavy atom. The molecular weight excluding hydrogens is 368 g/mol. The topological polar surface area (TPSA) is 65.1 Å². The number of carbonyl (C=O) groups excluding carboxylic acids is 2. The molecular formula is C24H34O5. The van der Waals surface area contributed by atoms with E-state index in [1.807, 2.05) is 0 Å². The van der Waals surface area contributed by atoms with Gasteiger partial charge in [-0.25, -0.2) is 0 Å². The van der Waals surface area contributed by atoms with Gasteiger partial charge in [0.1, 0.15) is 17.3 Å². The summed E-state index contributed by atoms with van der Waals surface area (Å²) in [5.41, 5.74) is 0.0319. The van der Waals surface area contributed by atoms with Crippen LogP contribution in [0.3, 0.4) is 0 Å². The standard InChI is InChI=1S/C24H34O5/c1-14(25)27-15-4-8-22(3)18-5-9-21(2)17(6-10-23(21)11-7-20(26)29-23)16(18)12-19-24(22,13-15)28-19/h15-19H,4-13H2,1-3H3/t15-,16-,17-,18-,19+,21-,22+,23-,24+/m0/s1. The lowest BCUT2D eigenvalue weighted by molar-refractivity contribution is -0.174. The summed E-state index contributed by atoms with van der Waals surface area (Å²) in [4.78, 5) is 23.5. The Morgan fingerprint density at radius 1 is 1.03 bits per heavy atom. The van der Waals surface area contributed by atoms with Crippen LogP contribution in [0.15, 0.2) is 0 Å². The Labute approximate surface area is 173 Å². The fraction of sp³-hybridized carbons (Fsp3) is 0.917. The van der Waals surface area contributed by atoms with Gasteiger partial charge in [-0.1, -0.05) is 13.8 Å². The van der Waals surface area contributed by atoms with Crippen LogP contribution in [-0.4, -0.2) is 35.3 Å². The molecule has 5 nitrogen and oxygen atoms in total. The van der Waals surface area contributed by atoms with Crippen LogP contribution in [0, 0.1) is 28.6 Å². The first-order chi connectivity index (χ1) is 13.7. The van der Waals surface area contributed by atoms with Crippen molar-refractivity contribution in [2.45, 2.75) is 108 Å². The van der Waals surface area contributed by atoms with Crippen molar-refractivity contribution in [1.82, 2.24) is 0 Å². The molecule has 2 aliphatic heterocycles. The van der Waals surface area contributed by atoms with Crippen molar-refractivity contribution < 1.29 is 23.8 Å². The van der Waals surface area contributed by atoms with Crippen LogP contribution in [0.2, 0.25) is 0 Å². The average molecular weight is 403 g/mol. The smallest absolute Gasteiger partial charge is 0.306 e. The van der Waals surface area contributed by atoms with E-state index in [-0.39, 0.29) is 40.1 Å². The predicted molar refractivity (Wildman–Crippen MR) is 105 cm³/mol. The number of hydrogen-bond acceptors (Lipinski definition) is 5. The molecule has 6 fully saturated rings. The molecule has 0 bridgehead atoms. The van der Waals surface area contributed by atoms with Crippen molar-refractivity contribution in [3.8, 4) is 0 Å². The van der Waals surface area contributed by atoms with E-state index in [2.05, 4.69) is 13.8 Å². The van der Waals surface area contributed by atoms with Crippen LogP contribution in [0.4, 0.5) is 0 Å². The molecule has 2 heterocycles. The molecule has 6 aliphatic rings. The van der Waals surface area contributed by atoms with Gasteiger partial charge in [0, 0.05) is 30.6 Å². The molecule has 9 atom stereocenters. The Morgan fingerprint density at radius 3 is 2.48 bits per heavy atom. The lowest BCUT2D eigenvalue weighted by Gasteiger charge is -2.60. The summed E-state index contributed by atoms with van der Waals surface area (Å²) in [6.45, 7) is 6.41. The van der Waals surface area contributed by atoms with Crippen LogP contribution in [-0.2, 0) is 23.8 Å². The second kappa shape index (κ2) is 5.57. The van der Waals surface area contributed by atoms with E-state index in [0.717, 1.165) is 44.9 Å². The third kappa shape index (κ3) is 2.16. The zero-order chi connectivity index (χ0) is 20.2. The van der Waals surface area contributed by atoms with Gasteiger partial charge in [0.15, 0.2) is 0 Å². The minimum atomic E-state index is -0.202. The minimum absolute atomic E-state index is 0.0120. The quantitative estimate of drug-likeness (QED) is 0.487. The predicted octanol–water partition coefficient (Wildman–Crippen LogP) is 4.17. The number of carbonyl (C=O) groups is 2. The molecule has 4 saturated carbocycles. The summed E-state index contributed by atoms with van der Waals surface area (Å²) in [7, 11) is 0. The fourth-order valence-corrected chi connectivity index (χ4v) is 9.27. The first-order valence-electron chi connectivity index (χ1n) is 11.8. The zero-order valence-corrected chi connectivity index (χ0v) is 18.0. The highest BCUT2D eigenvalue weighted by atomic mass is 16.6. The third-order valence-corrected chi connectivity index (χ3v) is 10.7. The van der Waals surface area contributed by atoms with Gasteiger partial charge in [0.25, 0.3) is 0 Å².